The Balaban J connectivity index is 2.00. The van der Waals surface area contributed by atoms with Gasteiger partial charge in [-0.3, -0.25) is 0 Å². The van der Waals surface area contributed by atoms with Gasteiger partial charge in [-0.15, -0.1) is 0 Å². The van der Waals surface area contributed by atoms with Crippen LogP contribution in [0.1, 0.15) is 18.4 Å². The van der Waals surface area contributed by atoms with E-state index in [0.717, 1.165) is 18.9 Å². The Morgan fingerprint density at radius 3 is 2.52 bits per heavy atom. The Bertz CT molecular complexity index is 654. The van der Waals surface area contributed by atoms with Gasteiger partial charge in [-0.2, -0.15) is 4.31 Å². The number of benzene rings is 1. The first-order valence-corrected chi connectivity index (χ1v) is 8.48. The average Bonchev–Trinajstić information content (AvgIpc) is 2.79. The third-order valence-electron chi connectivity index (χ3n) is 3.88. The van der Waals surface area contributed by atoms with Crippen LogP contribution in [0.4, 0.5) is 4.39 Å². The lowest BCUT2D eigenvalue weighted by Crippen LogP contribution is -2.45. The number of sulfonamides is 1. The van der Waals surface area contributed by atoms with Gasteiger partial charge in [0.1, 0.15) is 10.7 Å². The molecule has 1 aromatic rings. The number of fused-ring (bicyclic) bond motifs is 2. The molecule has 21 heavy (non-hydrogen) atoms. The van der Waals surface area contributed by atoms with E-state index in [4.69, 9.17) is 21.4 Å². The summed E-state index contributed by atoms with van der Waals surface area (Å²) in [4.78, 5) is -0.486. The molecule has 3 rings (SSSR count). The highest BCUT2D eigenvalue weighted by molar-refractivity contribution is 7.89. The van der Waals surface area contributed by atoms with Gasteiger partial charge in [0.25, 0.3) is 0 Å². The van der Waals surface area contributed by atoms with Crippen LogP contribution in [0.5, 0.6) is 0 Å². The minimum atomic E-state index is -3.99. The first kappa shape index (κ1) is 15.2. The van der Waals surface area contributed by atoms with Crippen molar-refractivity contribution in [3.05, 3.63) is 28.5 Å². The molecule has 8 heteroatoms. The maximum atomic E-state index is 14.3. The predicted molar refractivity (Wildman–Crippen MR) is 74.0 cm³/mol. The van der Waals surface area contributed by atoms with E-state index >= 15 is 0 Å². The van der Waals surface area contributed by atoms with Crippen molar-refractivity contribution in [1.29, 1.82) is 0 Å². The lowest BCUT2D eigenvalue weighted by molar-refractivity contribution is -0.0115. The summed E-state index contributed by atoms with van der Waals surface area (Å²) in [5.74, 6) is -0.944. The number of hydrogen-bond acceptors (Lipinski definition) is 4. The van der Waals surface area contributed by atoms with Crippen LogP contribution in [0.2, 0.25) is 5.02 Å². The molecule has 116 valence electrons. The van der Waals surface area contributed by atoms with Crippen molar-refractivity contribution in [2.75, 3.05) is 13.1 Å². The summed E-state index contributed by atoms with van der Waals surface area (Å²) in [6, 6.07) is 2.31. The van der Waals surface area contributed by atoms with Gasteiger partial charge in [-0.1, -0.05) is 11.6 Å². The summed E-state index contributed by atoms with van der Waals surface area (Å²) in [7, 11) is -3.99. The Labute approximate surface area is 127 Å². The third kappa shape index (κ3) is 2.68. The Kier molecular flexibility index (Phi) is 3.96. The minimum absolute atomic E-state index is 0.0789. The number of ether oxygens (including phenoxy) is 1. The number of aliphatic hydroxyl groups excluding tert-OH is 1. The Hall–Kier alpha value is -0.730. The number of rotatable bonds is 3. The second-order valence-electron chi connectivity index (χ2n) is 5.31. The average molecular weight is 336 g/mol. The number of nitrogens with zero attached hydrogens (tertiary/aromatic N) is 1. The van der Waals surface area contributed by atoms with Crippen molar-refractivity contribution in [3.63, 3.8) is 0 Å². The fourth-order valence-corrected chi connectivity index (χ4v) is 4.78. The summed E-state index contributed by atoms with van der Waals surface area (Å²) in [6.45, 7) is -0.165. The summed E-state index contributed by atoms with van der Waals surface area (Å²) in [5, 5.41) is 9.19. The third-order valence-corrected chi connectivity index (χ3v) is 5.93. The smallest absolute Gasteiger partial charge is 0.246 e. The molecule has 2 aliphatic heterocycles. The molecule has 1 aromatic carbocycles. The minimum Gasteiger partial charge on any atom is -0.392 e. The zero-order valence-electron chi connectivity index (χ0n) is 11.1. The van der Waals surface area contributed by atoms with E-state index in [2.05, 4.69) is 0 Å². The number of aliphatic hydroxyl groups is 1. The molecule has 2 fully saturated rings. The highest BCUT2D eigenvalue weighted by Crippen LogP contribution is 2.32. The molecular formula is C13H15ClFNO4S. The monoisotopic (exact) mass is 335 g/mol. The van der Waals surface area contributed by atoms with Gasteiger partial charge >= 0.3 is 0 Å². The molecule has 0 saturated carbocycles. The fourth-order valence-electron chi connectivity index (χ4n) is 2.83. The van der Waals surface area contributed by atoms with E-state index < -0.39 is 27.3 Å². The van der Waals surface area contributed by atoms with Crippen molar-refractivity contribution in [2.45, 2.75) is 36.6 Å². The molecule has 0 spiro atoms. The predicted octanol–water partition coefficient (Wildman–Crippen LogP) is 1.52. The SMILES string of the molecule is O=S(=O)(c1cc(Cl)cc(CO)c1F)N1CC2CCC(C1)O2. The highest BCUT2D eigenvalue weighted by atomic mass is 35.5. The van der Waals surface area contributed by atoms with E-state index in [-0.39, 0.29) is 35.9 Å². The van der Waals surface area contributed by atoms with Gasteiger partial charge in [0.2, 0.25) is 10.0 Å². The lowest BCUT2D eigenvalue weighted by atomic mass is 10.2. The summed E-state index contributed by atoms with van der Waals surface area (Å²) in [6.07, 6.45) is 1.38. The second-order valence-corrected chi connectivity index (χ2v) is 7.66. The van der Waals surface area contributed by atoms with Crippen molar-refractivity contribution in [3.8, 4) is 0 Å². The maximum absolute atomic E-state index is 14.3. The van der Waals surface area contributed by atoms with Crippen molar-refractivity contribution in [2.24, 2.45) is 0 Å². The van der Waals surface area contributed by atoms with E-state index in [9.17, 15) is 12.8 Å². The van der Waals surface area contributed by atoms with Gasteiger partial charge in [-0.05, 0) is 25.0 Å². The first-order valence-electron chi connectivity index (χ1n) is 6.66. The number of halogens is 2. The second kappa shape index (κ2) is 5.48. The number of morpholine rings is 1. The van der Waals surface area contributed by atoms with Crippen LogP contribution < -0.4 is 0 Å². The quantitative estimate of drug-likeness (QED) is 0.909. The molecule has 0 aliphatic carbocycles. The lowest BCUT2D eigenvalue weighted by Gasteiger charge is -2.31. The van der Waals surface area contributed by atoms with E-state index in [1.54, 1.807) is 0 Å². The zero-order chi connectivity index (χ0) is 15.2. The normalized spacial score (nSPS) is 26.2. The molecule has 0 aromatic heterocycles. The first-order chi connectivity index (χ1) is 9.91. The Morgan fingerprint density at radius 1 is 1.33 bits per heavy atom. The van der Waals surface area contributed by atoms with Crippen molar-refractivity contribution < 1.29 is 22.7 Å². The van der Waals surface area contributed by atoms with E-state index in [0.29, 0.717) is 0 Å². The molecule has 2 aliphatic rings. The van der Waals surface area contributed by atoms with Crippen LogP contribution in [0, 0.1) is 5.82 Å². The van der Waals surface area contributed by atoms with Crippen LogP contribution in [-0.4, -0.2) is 43.1 Å². The molecule has 0 radical (unpaired) electrons. The fraction of sp³-hybridized carbons (Fsp3) is 0.538. The van der Waals surface area contributed by atoms with Gasteiger partial charge in [0.05, 0.1) is 18.8 Å². The van der Waals surface area contributed by atoms with Crippen LogP contribution in [-0.2, 0) is 21.4 Å². The molecule has 2 bridgehead atoms. The summed E-state index contributed by atoms with van der Waals surface area (Å²) in [5.41, 5.74) is -0.127. The summed E-state index contributed by atoms with van der Waals surface area (Å²) < 4.78 is 46.4. The van der Waals surface area contributed by atoms with Crippen LogP contribution in [0.25, 0.3) is 0 Å². The van der Waals surface area contributed by atoms with Crippen LogP contribution >= 0.6 is 11.6 Å². The standard InChI is InChI=1S/C13H15ClFNO4S/c14-9-3-8(7-17)13(15)12(4-9)21(18,19)16-5-10-1-2-11(6-16)20-10/h3-4,10-11,17H,1-2,5-7H2. The van der Waals surface area contributed by atoms with Crippen molar-refractivity contribution in [1.82, 2.24) is 4.31 Å². The molecule has 0 amide bonds. The largest absolute Gasteiger partial charge is 0.392 e. The molecular weight excluding hydrogens is 321 g/mol. The topological polar surface area (TPSA) is 66.8 Å². The molecule has 2 heterocycles. The van der Waals surface area contributed by atoms with Gasteiger partial charge < -0.3 is 9.84 Å². The molecule has 1 N–H and O–H groups in total. The molecule has 2 atom stereocenters. The summed E-state index contributed by atoms with van der Waals surface area (Å²) >= 11 is 5.83. The van der Waals surface area contributed by atoms with E-state index in [1.807, 2.05) is 0 Å². The van der Waals surface area contributed by atoms with Crippen LogP contribution in [0.15, 0.2) is 17.0 Å². The number of hydrogen-bond donors (Lipinski definition) is 1. The van der Waals surface area contributed by atoms with Gasteiger partial charge in [-0.25, -0.2) is 12.8 Å². The van der Waals surface area contributed by atoms with Gasteiger partial charge in [0.15, 0.2) is 0 Å². The molecule has 5 nitrogen and oxygen atoms in total. The van der Waals surface area contributed by atoms with E-state index in [1.165, 1.54) is 10.4 Å². The van der Waals surface area contributed by atoms with Crippen LogP contribution in [0.3, 0.4) is 0 Å². The van der Waals surface area contributed by atoms with Gasteiger partial charge in [0, 0.05) is 23.7 Å². The zero-order valence-corrected chi connectivity index (χ0v) is 12.7. The Morgan fingerprint density at radius 2 is 1.95 bits per heavy atom. The molecule has 2 unspecified atom stereocenters. The maximum Gasteiger partial charge on any atom is 0.246 e. The highest BCUT2D eigenvalue weighted by Gasteiger charge is 2.40. The molecule has 2 saturated heterocycles. The van der Waals surface area contributed by atoms with Crippen molar-refractivity contribution >= 4 is 21.6 Å².